The molecular weight excluding hydrogens is 190 g/mol. The topological polar surface area (TPSA) is 38.3 Å². The number of amides is 1. The van der Waals surface area contributed by atoms with E-state index in [4.69, 9.17) is 4.74 Å². The van der Waals surface area contributed by atoms with Crippen molar-refractivity contribution < 1.29 is 9.53 Å². The van der Waals surface area contributed by atoms with Gasteiger partial charge in [0.1, 0.15) is 5.75 Å². The van der Waals surface area contributed by atoms with Gasteiger partial charge in [-0.1, -0.05) is 12.1 Å². The van der Waals surface area contributed by atoms with Gasteiger partial charge in [0.25, 0.3) is 5.91 Å². The predicted octanol–water partition coefficient (Wildman–Crippen LogP) is 1.90. The second-order valence-corrected chi connectivity index (χ2v) is 3.84. The molecule has 1 fully saturated rings. The molecule has 0 aromatic heterocycles. The monoisotopic (exact) mass is 205 g/mol. The number of nitrogens with one attached hydrogen (secondary N) is 1. The van der Waals surface area contributed by atoms with Crippen LogP contribution in [-0.4, -0.2) is 19.1 Å². The number of benzene rings is 1. The van der Waals surface area contributed by atoms with Gasteiger partial charge in [-0.25, -0.2) is 0 Å². The first-order valence-electron chi connectivity index (χ1n) is 5.20. The molecule has 1 amide bonds. The van der Waals surface area contributed by atoms with Crippen LogP contribution in [0.4, 0.5) is 0 Å². The molecule has 2 rings (SSSR count). The molecule has 1 saturated carbocycles. The lowest BCUT2D eigenvalue weighted by Gasteiger charge is -2.11. The number of carbonyl (C=O) groups excluding carboxylic acids is 1. The molecule has 80 valence electrons. The van der Waals surface area contributed by atoms with Crippen molar-refractivity contribution in [2.24, 2.45) is 0 Å². The van der Waals surface area contributed by atoms with Crippen LogP contribution in [0.3, 0.4) is 0 Å². The molecule has 0 unspecified atom stereocenters. The smallest absolute Gasteiger partial charge is 0.255 e. The highest BCUT2D eigenvalue weighted by Gasteiger charge is 2.25. The van der Waals surface area contributed by atoms with Crippen LogP contribution in [0, 0.1) is 6.92 Å². The van der Waals surface area contributed by atoms with Crippen LogP contribution in [0.15, 0.2) is 18.2 Å². The van der Waals surface area contributed by atoms with Gasteiger partial charge in [0.05, 0.1) is 11.7 Å². The van der Waals surface area contributed by atoms with Gasteiger partial charge in [0.15, 0.2) is 0 Å². The lowest BCUT2D eigenvalue weighted by Crippen LogP contribution is -2.20. The highest BCUT2D eigenvalue weighted by molar-refractivity contribution is 5.98. The fourth-order valence-electron chi connectivity index (χ4n) is 1.52. The second kappa shape index (κ2) is 3.93. The second-order valence-electron chi connectivity index (χ2n) is 3.84. The Balaban J connectivity index is 2.33. The molecule has 1 N–H and O–H groups in total. The Morgan fingerprint density at radius 2 is 2.20 bits per heavy atom. The minimum absolute atomic E-state index is 0.0799. The fraction of sp³-hybridized carbons (Fsp3) is 0.417. The molecule has 1 aromatic carbocycles. The maximum absolute atomic E-state index is 11.7. The van der Waals surface area contributed by atoms with Gasteiger partial charge in [-0.05, 0) is 31.4 Å². The lowest BCUT2D eigenvalue weighted by molar-refractivity contribution is 0.0958. The van der Waals surface area contributed by atoms with Crippen LogP contribution in [0.1, 0.15) is 28.8 Å². The minimum Gasteiger partial charge on any atom is -0.490 e. The van der Waals surface area contributed by atoms with Gasteiger partial charge in [-0.2, -0.15) is 0 Å². The standard InChI is InChI=1S/C12H15NO2/c1-8-4-3-5-10(15-9-6-7-9)11(8)12(14)13-2/h3-5,9H,6-7H2,1-2H3,(H,13,14). The number of ether oxygens (including phenoxy) is 1. The summed E-state index contributed by atoms with van der Waals surface area (Å²) in [5.74, 6) is 0.626. The van der Waals surface area contributed by atoms with Crippen molar-refractivity contribution in [1.82, 2.24) is 5.32 Å². The van der Waals surface area contributed by atoms with Crippen molar-refractivity contribution in [3.63, 3.8) is 0 Å². The summed E-state index contributed by atoms with van der Waals surface area (Å²) >= 11 is 0. The van der Waals surface area contributed by atoms with E-state index in [1.165, 1.54) is 0 Å². The molecule has 1 aromatic rings. The van der Waals surface area contributed by atoms with E-state index in [2.05, 4.69) is 5.32 Å². The third-order valence-corrected chi connectivity index (χ3v) is 2.51. The van der Waals surface area contributed by atoms with E-state index >= 15 is 0 Å². The van der Waals surface area contributed by atoms with E-state index in [9.17, 15) is 4.79 Å². The lowest BCUT2D eigenvalue weighted by atomic mass is 10.1. The largest absolute Gasteiger partial charge is 0.490 e. The first-order valence-corrected chi connectivity index (χ1v) is 5.20. The SMILES string of the molecule is CNC(=O)c1c(C)cccc1OC1CC1. The number of hydrogen-bond donors (Lipinski definition) is 1. The normalized spacial score (nSPS) is 14.8. The molecule has 0 saturated heterocycles. The molecule has 1 aliphatic carbocycles. The Morgan fingerprint density at radius 1 is 1.47 bits per heavy atom. The van der Waals surface area contributed by atoms with Gasteiger partial charge < -0.3 is 10.1 Å². The Hall–Kier alpha value is -1.51. The van der Waals surface area contributed by atoms with Crippen LogP contribution in [0.25, 0.3) is 0 Å². The fourth-order valence-corrected chi connectivity index (χ4v) is 1.52. The molecule has 0 aliphatic heterocycles. The van der Waals surface area contributed by atoms with Crippen molar-refractivity contribution in [3.8, 4) is 5.75 Å². The zero-order valence-corrected chi connectivity index (χ0v) is 9.04. The Bertz CT molecular complexity index is 383. The molecule has 15 heavy (non-hydrogen) atoms. The summed E-state index contributed by atoms with van der Waals surface area (Å²) in [6.07, 6.45) is 2.51. The van der Waals surface area contributed by atoms with Crippen molar-refractivity contribution >= 4 is 5.91 Å². The summed E-state index contributed by atoms with van der Waals surface area (Å²) in [7, 11) is 1.63. The number of rotatable bonds is 3. The Morgan fingerprint density at radius 3 is 2.80 bits per heavy atom. The average molecular weight is 205 g/mol. The number of aryl methyl sites for hydroxylation is 1. The van der Waals surface area contributed by atoms with E-state index < -0.39 is 0 Å². The Labute approximate surface area is 89.4 Å². The van der Waals surface area contributed by atoms with E-state index in [-0.39, 0.29) is 5.91 Å². The van der Waals surface area contributed by atoms with Crippen LogP contribution in [-0.2, 0) is 0 Å². The molecule has 0 heterocycles. The molecule has 0 bridgehead atoms. The summed E-state index contributed by atoms with van der Waals surface area (Å²) in [6.45, 7) is 1.92. The summed E-state index contributed by atoms with van der Waals surface area (Å²) in [5.41, 5.74) is 1.61. The molecule has 0 radical (unpaired) electrons. The first-order chi connectivity index (χ1) is 7.22. The maximum Gasteiger partial charge on any atom is 0.255 e. The molecule has 0 atom stereocenters. The summed E-state index contributed by atoms with van der Waals surface area (Å²) in [6, 6.07) is 5.69. The zero-order chi connectivity index (χ0) is 10.8. The zero-order valence-electron chi connectivity index (χ0n) is 9.04. The molecule has 3 heteroatoms. The Kier molecular flexibility index (Phi) is 2.62. The molecular formula is C12H15NO2. The average Bonchev–Trinajstić information content (AvgIpc) is 3.01. The van der Waals surface area contributed by atoms with Crippen LogP contribution < -0.4 is 10.1 Å². The molecule has 1 aliphatic rings. The van der Waals surface area contributed by atoms with Gasteiger partial charge in [-0.3, -0.25) is 4.79 Å². The highest BCUT2D eigenvalue weighted by Crippen LogP contribution is 2.30. The summed E-state index contributed by atoms with van der Waals surface area (Å²) in [4.78, 5) is 11.7. The maximum atomic E-state index is 11.7. The highest BCUT2D eigenvalue weighted by atomic mass is 16.5. The van der Waals surface area contributed by atoms with Crippen LogP contribution >= 0.6 is 0 Å². The quantitative estimate of drug-likeness (QED) is 0.818. The van der Waals surface area contributed by atoms with Crippen molar-refractivity contribution in [3.05, 3.63) is 29.3 Å². The van der Waals surface area contributed by atoms with E-state index in [1.54, 1.807) is 7.05 Å². The van der Waals surface area contributed by atoms with E-state index in [0.29, 0.717) is 17.4 Å². The number of carbonyl (C=O) groups is 1. The van der Waals surface area contributed by atoms with Gasteiger partial charge in [0, 0.05) is 7.05 Å². The van der Waals surface area contributed by atoms with Crippen molar-refractivity contribution in [1.29, 1.82) is 0 Å². The van der Waals surface area contributed by atoms with Crippen molar-refractivity contribution in [2.75, 3.05) is 7.05 Å². The van der Waals surface area contributed by atoms with Gasteiger partial charge in [-0.15, -0.1) is 0 Å². The third kappa shape index (κ3) is 2.12. The minimum atomic E-state index is -0.0799. The van der Waals surface area contributed by atoms with Gasteiger partial charge >= 0.3 is 0 Å². The summed E-state index contributed by atoms with van der Waals surface area (Å²) in [5, 5.41) is 2.64. The molecule has 3 nitrogen and oxygen atoms in total. The predicted molar refractivity (Wildman–Crippen MR) is 58.2 cm³/mol. The van der Waals surface area contributed by atoms with E-state index in [0.717, 1.165) is 18.4 Å². The third-order valence-electron chi connectivity index (χ3n) is 2.51. The number of hydrogen-bond acceptors (Lipinski definition) is 2. The van der Waals surface area contributed by atoms with Crippen molar-refractivity contribution in [2.45, 2.75) is 25.9 Å². The van der Waals surface area contributed by atoms with Gasteiger partial charge in [0.2, 0.25) is 0 Å². The van der Waals surface area contributed by atoms with Crippen LogP contribution in [0.5, 0.6) is 5.75 Å². The van der Waals surface area contributed by atoms with E-state index in [1.807, 2.05) is 25.1 Å². The first kappa shape index (κ1) is 10.0. The van der Waals surface area contributed by atoms with Crippen LogP contribution in [0.2, 0.25) is 0 Å². The summed E-state index contributed by atoms with van der Waals surface area (Å²) < 4.78 is 5.70. The molecule has 0 spiro atoms.